The Labute approximate surface area is 160 Å². The molecule has 5 atom stereocenters. The quantitative estimate of drug-likeness (QED) is 0.605. The molecule has 136 valence electrons. The summed E-state index contributed by atoms with van der Waals surface area (Å²) in [5.41, 5.74) is 6.36. The molecule has 1 aliphatic rings. The van der Waals surface area contributed by atoms with Crippen LogP contribution in [-0.4, -0.2) is 32.9 Å². The molecule has 0 bridgehead atoms. The molecule has 0 aromatic carbocycles. The minimum absolute atomic E-state index is 0.0295. The summed E-state index contributed by atoms with van der Waals surface area (Å²) >= 11 is 1.49. The van der Waals surface area contributed by atoms with Gasteiger partial charge in [0, 0.05) is 0 Å². The van der Waals surface area contributed by atoms with Crippen molar-refractivity contribution in [2.75, 3.05) is 12.4 Å². The van der Waals surface area contributed by atoms with Gasteiger partial charge < -0.3 is 0 Å². The van der Waals surface area contributed by atoms with E-state index in [0.717, 1.165) is 11.0 Å². The van der Waals surface area contributed by atoms with Crippen LogP contribution in [0.25, 0.3) is 11.0 Å². The van der Waals surface area contributed by atoms with Crippen molar-refractivity contribution in [3.63, 3.8) is 0 Å². The minimum atomic E-state index is -0.370. The summed E-state index contributed by atoms with van der Waals surface area (Å²) in [6.45, 7) is 13.2. The van der Waals surface area contributed by atoms with Crippen molar-refractivity contribution < 1.29 is 28.1 Å². The van der Waals surface area contributed by atoms with E-state index in [-0.39, 0.29) is 29.1 Å². The third-order valence-corrected chi connectivity index (χ3v) is 7.43. The van der Waals surface area contributed by atoms with Crippen molar-refractivity contribution in [2.24, 2.45) is 11.3 Å². The Kier molecular flexibility index (Phi) is 4.96. The number of aromatic nitrogens is 3. The van der Waals surface area contributed by atoms with Crippen molar-refractivity contribution >= 4 is 22.6 Å². The number of rotatable bonds is 4. The first-order valence-corrected chi connectivity index (χ1v) is 14.0. The molecule has 1 saturated heterocycles. The number of hydrogen-bond acceptors (Lipinski definition) is 5. The maximum absolute atomic E-state index is 6.69. The molecule has 1 fully saturated rings. The van der Waals surface area contributed by atoms with Gasteiger partial charge in [0.05, 0.1) is 0 Å². The third-order valence-electron chi connectivity index (χ3n) is 5.88. The number of nitrogens with two attached hydrogens (primary N) is 1. The first-order valence-electron chi connectivity index (χ1n) is 8.41. The summed E-state index contributed by atoms with van der Waals surface area (Å²) < 4.78 is 15.0. The molecular formula is C17H26N4O2PW+. The zero-order valence-corrected chi connectivity index (χ0v) is 19.4. The molecule has 25 heavy (non-hydrogen) atoms. The van der Waals surface area contributed by atoms with Crippen LogP contribution in [0.15, 0.2) is 18.6 Å². The molecule has 2 aromatic heterocycles. The number of anilines is 1. The van der Waals surface area contributed by atoms with Gasteiger partial charge in [-0.2, -0.15) is 0 Å². The van der Waals surface area contributed by atoms with E-state index < -0.39 is 0 Å². The Balaban J connectivity index is 2.05. The monoisotopic (exact) mass is 533 g/mol. The molecule has 2 N–H and O–H groups in total. The van der Waals surface area contributed by atoms with Crippen LogP contribution in [0.1, 0.15) is 40.8 Å². The topological polar surface area (TPSA) is 75.2 Å². The summed E-state index contributed by atoms with van der Waals surface area (Å²) in [7, 11) is 0. The van der Waals surface area contributed by atoms with Gasteiger partial charge in [0.1, 0.15) is 0 Å². The molecule has 0 saturated carbocycles. The molecule has 0 aliphatic carbocycles. The molecule has 1 aliphatic heterocycles. The Bertz CT molecular complexity index is 824. The summed E-state index contributed by atoms with van der Waals surface area (Å²) in [6, 6.07) is 1.96. The molecule has 3 rings (SSSR count). The predicted molar refractivity (Wildman–Crippen MR) is 96.8 cm³/mol. The van der Waals surface area contributed by atoms with Gasteiger partial charge in [-0.25, -0.2) is 0 Å². The van der Waals surface area contributed by atoms with Crippen LogP contribution in [0.5, 0.6) is 0 Å². The standard InChI is InChI=1S/C17H26N4O2P.W/c1-10-16(3,4)15(22-17(10,5)11(2)23-24-6)21-8-7-12-13(18)19-9-20-14(12)21;/h7-11,15H,1-6H3,(H2,18,19,20);/q-1;+2/t10-,11?,15+,17-;/m0./s1. The number of nitrogen functional groups attached to an aromatic ring is 1. The Morgan fingerprint density at radius 1 is 1.40 bits per heavy atom. The van der Waals surface area contributed by atoms with E-state index in [1.165, 1.54) is 25.1 Å². The number of hydrogen-bond donors (Lipinski definition) is 1. The molecule has 0 radical (unpaired) electrons. The molecule has 2 unspecified atom stereocenters. The first-order chi connectivity index (χ1) is 11.6. The summed E-state index contributed by atoms with van der Waals surface area (Å²) in [6.07, 6.45) is 3.40. The number of nitrogens with zero attached hydrogens (tertiary/aromatic N) is 3. The van der Waals surface area contributed by atoms with Gasteiger partial charge in [-0.1, -0.05) is 0 Å². The second-order valence-electron chi connectivity index (χ2n) is 7.60. The van der Waals surface area contributed by atoms with E-state index in [1.54, 1.807) is 0 Å². The fraction of sp³-hybridized carbons (Fsp3) is 0.647. The van der Waals surface area contributed by atoms with Crippen molar-refractivity contribution in [1.82, 2.24) is 14.5 Å². The van der Waals surface area contributed by atoms with Crippen LogP contribution >= 0.6 is 5.78 Å². The van der Waals surface area contributed by atoms with Crippen LogP contribution in [0, 0.1) is 11.3 Å². The van der Waals surface area contributed by atoms with Gasteiger partial charge in [0.2, 0.25) is 0 Å². The summed E-state index contributed by atoms with van der Waals surface area (Å²) in [5, 5.41) is 0.863. The van der Waals surface area contributed by atoms with Crippen molar-refractivity contribution in [2.45, 2.75) is 52.6 Å². The van der Waals surface area contributed by atoms with Gasteiger partial charge in [-0.3, -0.25) is 0 Å². The molecule has 2 aromatic rings. The average Bonchev–Trinajstić information content (AvgIpc) is 3.02. The molecule has 8 heteroatoms. The Morgan fingerprint density at radius 3 is 2.72 bits per heavy atom. The fourth-order valence-corrected chi connectivity index (χ4v) is 5.86. The Morgan fingerprint density at radius 2 is 2.08 bits per heavy atom. The van der Waals surface area contributed by atoms with Crippen LogP contribution in [0.3, 0.4) is 0 Å². The van der Waals surface area contributed by atoms with Crippen molar-refractivity contribution in [1.29, 1.82) is 0 Å². The first kappa shape index (κ1) is 19.1. The molecular weight excluding hydrogens is 507 g/mol. The van der Waals surface area contributed by atoms with Crippen LogP contribution in [0.2, 0.25) is 0 Å². The normalized spacial score (nSPS) is 30.6. The zero-order chi connectivity index (χ0) is 18.6. The Hall–Kier alpha value is -0.672. The SMILES string of the molecule is CC(O[P+](C)=[W])[C@@]1(C)O[C@@H](n2ccc3c(N)ncnc32)C(C)(C)[C@@H]1C. The number of fused-ring (bicyclic) bond motifs is 1. The van der Waals surface area contributed by atoms with E-state index in [4.69, 9.17) is 15.0 Å². The molecule has 3 heterocycles. The molecule has 6 nitrogen and oxygen atoms in total. The predicted octanol–water partition coefficient (Wildman–Crippen LogP) is 3.86. The van der Waals surface area contributed by atoms with E-state index in [2.05, 4.69) is 55.8 Å². The molecule has 0 spiro atoms. The van der Waals surface area contributed by atoms with Gasteiger partial charge in [0.25, 0.3) is 0 Å². The average molecular weight is 533 g/mol. The van der Waals surface area contributed by atoms with E-state index in [0.29, 0.717) is 11.7 Å². The molecule has 0 amide bonds. The second-order valence-corrected chi connectivity index (χ2v) is 14.2. The van der Waals surface area contributed by atoms with Gasteiger partial charge in [0.15, 0.2) is 0 Å². The van der Waals surface area contributed by atoms with Gasteiger partial charge >= 0.3 is 160 Å². The zero-order valence-electron chi connectivity index (χ0n) is 15.6. The van der Waals surface area contributed by atoms with E-state index in [1.807, 2.05) is 12.3 Å². The van der Waals surface area contributed by atoms with Crippen molar-refractivity contribution in [3.8, 4) is 0 Å². The third kappa shape index (κ3) is 3.01. The summed E-state index contributed by atoms with van der Waals surface area (Å²) in [5.74, 6) is 0.435. The number of ether oxygens (including phenoxy) is 1. The van der Waals surface area contributed by atoms with Gasteiger partial charge in [-0.15, -0.1) is 0 Å². The van der Waals surface area contributed by atoms with Crippen molar-refractivity contribution in [3.05, 3.63) is 18.6 Å². The van der Waals surface area contributed by atoms with E-state index >= 15 is 0 Å². The fourth-order valence-electron chi connectivity index (χ4n) is 3.82. The van der Waals surface area contributed by atoms with Gasteiger partial charge in [-0.05, 0) is 0 Å². The van der Waals surface area contributed by atoms with Crippen LogP contribution < -0.4 is 5.73 Å². The van der Waals surface area contributed by atoms with Crippen LogP contribution in [0.4, 0.5) is 5.82 Å². The van der Waals surface area contributed by atoms with E-state index in [9.17, 15) is 0 Å². The maximum atomic E-state index is 6.69. The summed E-state index contributed by atoms with van der Waals surface area (Å²) in [4.78, 5) is 8.53. The second kappa shape index (κ2) is 6.49. The van der Waals surface area contributed by atoms with Crippen LogP contribution in [-0.2, 0) is 28.1 Å².